The van der Waals surface area contributed by atoms with E-state index in [1.165, 1.54) is 0 Å². The number of carbonyl (C=O) groups is 2. The van der Waals surface area contributed by atoms with E-state index in [-0.39, 0.29) is 30.6 Å². The molecule has 2 amide bonds. The highest BCUT2D eigenvalue weighted by atomic mass is 16.5. The Balaban J connectivity index is 1.31. The number of nitrogens with zero attached hydrogens (tertiary/aromatic N) is 3. The molecule has 0 aliphatic carbocycles. The van der Waals surface area contributed by atoms with Crippen LogP contribution in [0.1, 0.15) is 41.0 Å². The SMILES string of the molecule is CCc1nc(CN2CC[C@H]3Oc4ccc(cc4)CNC(=O)COc4cccc(c4)-c4cc(ccc4OC)C(=O)N[C@@H]3C2)no1. The predicted molar refractivity (Wildman–Crippen MR) is 161 cm³/mol. The van der Waals surface area contributed by atoms with Crippen LogP contribution in [-0.2, 0) is 24.3 Å². The molecule has 11 nitrogen and oxygen atoms in total. The zero-order valence-electron chi connectivity index (χ0n) is 24.7. The van der Waals surface area contributed by atoms with Gasteiger partial charge < -0.3 is 29.4 Å². The lowest BCUT2D eigenvalue weighted by atomic mass is 9.99. The van der Waals surface area contributed by atoms with Crippen LogP contribution in [0.3, 0.4) is 0 Å². The fraction of sp³-hybridized carbons (Fsp3) is 0.333. The van der Waals surface area contributed by atoms with Crippen molar-refractivity contribution in [2.45, 2.75) is 45.0 Å². The average Bonchev–Trinajstić information content (AvgIpc) is 3.51. The van der Waals surface area contributed by atoms with Crippen LogP contribution in [0.4, 0.5) is 0 Å². The number of hydrogen-bond acceptors (Lipinski definition) is 9. The monoisotopic (exact) mass is 597 g/mol. The highest BCUT2D eigenvalue weighted by Gasteiger charge is 2.33. The van der Waals surface area contributed by atoms with Crippen LogP contribution in [0.2, 0.25) is 0 Å². The number of benzene rings is 3. The van der Waals surface area contributed by atoms with Crippen molar-refractivity contribution in [2.75, 3.05) is 26.8 Å². The molecule has 2 N–H and O–H groups in total. The maximum Gasteiger partial charge on any atom is 0.258 e. The summed E-state index contributed by atoms with van der Waals surface area (Å²) in [5, 5.41) is 10.2. The van der Waals surface area contributed by atoms with Crippen molar-refractivity contribution >= 4 is 11.8 Å². The fourth-order valence-electron chi connectivity index (χ4n) is 5.46. The van der Waals surface area contributed by atoms with Crippen molar-refractivity contribution < 1.29 is 28.3 Å². The van der Waals surface area contributed by atoms with Crippen LogP contribution < -0.4 is 24.8 Å². The molecule has 0 saturated carbocycles. The number of aromatic nitrogens is 2. The minimum atomic E-state index is -0.319. The second-order valence-electron chi connectivity index (χ2n) is 10.9. The van der Waals surface area contributed by atoms with Crippen LogP contribution in [0, 0.1) is 0 Å². The summed E-state index contributed by atoms with van der Waals surface area (Å²) >= 11 is 0. The van der Waals surface area contributed by atoms with Gasteiger partial charge >= 0.3 is 0 Å². The number of fused-ring (bicyclic) bond motifs is 7. The van der Waals surface area contributed by atoms with E-state index in [1.54, 1.807) is 31.4 Å². The van der Waals surface area contributed by atoms with Crippen LogP contribution in [0.25, 0.3) is 11.1 Å². The van der Waals surface area contributed by atoms with E-state index in [0.29, 0.717) is 67.0 Å². The normalized spacial score (nSPS) is 19.1. The van der Waals surface area contributed by atoms with Crippen molar-refractivity contribution in [3.8, 4) is 28.4 Å². The zero-order valence-corrected chi connectivity index (χ0v) is 24.7. The van der Waals surface area contributed by atoms with Crippen molar-refractivity contribution in [3.63, 3.8) is 0 Å². The lowest BCUT2D eigenvalue weighted by molar-refractivity contribution is -0.123. The van der Waals surface area contributed by atoms with E-state index in [1.807, 2.05) is 49.4 Å². The van der Waals surface area contributed by atoms with Crippen LogP contribution in [0.15, 0.2) is 71.3 Å². The molecule has 11 heteroatoms. The van der Waals surface area contributed by atoms with Gasteiger partial charge in [-0.25, -0.2) is 0 Å². The number of likely N-dealkylation sites (tertiary alicyclic amines) is 1. The summed E-state index contributed by atoms with van der Waals surface area (Å²) in [7, 11) is 1.59. The van der Waals surface area contributed by atoms with Gasteiger partial charge in [0, 0.05) is 37.2 Å². The summed E-state index contributed by atoms with van der Waals surface area (Å²) in [5.41, 5.74) is 2.93. The van der Waals surface area contributed by atoms with Crippen molar-refractivity contribution in [1.29, 1.82) is 0 Å². The van der Waals surface area contributed by atoms with Gasteiger partial charge in [-0.3, -0.25) is 14.5 Å². The Morgan fingerprint density at radius 3 is 2.68 bits per heavy atom. The third-order valence-corrected chi connectivity index (χ3v) is 7.80. The molecule has 228 valence electrons. The Labute approximate surface area is 255 Å². The summed E-state index contributed by atoms with van der Waals surface area (Å²) < 4.78 is 23.2. The maximum absolute atomic E-state index is 13.8. The number of piperidine rings is 1. The van der Waals surface area contributed by atoms with Crippen molar-refractivity contribution in [2.24, 2.45) is 0 Å². The molecule has 4 heterocycles. The molecule has 4 aromatic rings. The largest absolute Gasteiger partial charge is 0.496 e. The topological polar surface area (TPSA) is 128 Å². The summed E-state index contributed by atoms with van der Waals surface area (Å²) in [5.74, 6) is 2.59. The molecule has 0 unspecified atom stereocenters. The van der Waals surface area contributed by atoms with Gasteiger partial charge in [-0.2, -0.15) is 4.98 Å². The Hall–Kier alpha value is -4.90. The van der Waals surface area contributed by atoms with E-state index < -0.39 is 0 Å². The minimum absolute atomic E-state index is 0.128. The number of hydrogen-bond donors (Lipinski definition) is 2. The molecular weight excluding hydrogens is 562 g/mol. The predicted octanol–water partition coefficient (Wildman–Crippen LogP) is 3.77. The number of nitrogens with one attached hydrogen (secondary N) is 2. The van der Waals surface area contributed by atoms with Gasteiger partial charge in [0.2, 0.25) is 5.89 Å². The zero-order chi connectivity index (χ0) is 30.5. The van der Waals surface area contributed by atoms with E-state index in [2.05, 4.69) is 25.7 Å². The third kappa shape index (κ3) is 6.84. The molecule has 1 aromatic heterocycles. The molecule has 2 atom stereocenters. The summed E-state index contributed by atoms with van der Waals surface area (Å²) in [6.45, 7) is 3.99. The first-order chi connectivity index (χ1) is 21.5. The third-order valence-electron chi connectivity index (χ3n) is 7.80. The summed E-state index contributed by atoms with van der Waals surface area (Å²) in [6, 6.07) is 20.0. The van der Waals surface area contributed by atoms with Gasteiger partial charge in [0.15, 0.2) is 12.4 Å². The molecule has 7 rings (SSSR count). The number of amides is 2. The van der Waals surface area contributed by atoms with Gasteiger partial charge in [0.25, 0.3) is 11.8 Å². The fourth-order valence-corrected chi connectivity index (χ4v) is 5.46. The number of ether oxygens (including phenoxy) is 3. The van der Waals surface area contributed by atoms with Crippen molar-refractivity contribution in [3.05, 3.63) is 89.6 Å². The van der Waals surface area contributed by atoms with Gasteiger partial charge in [-0.05, 0) is 60.0 Å². The first-order valence-electron chi connectivity index (χ1n) is 14.8. The first kappa shape index (κ1) is 29.2. The van der Waals surface area contributed by atoms with E-state index in [0.717, 1.165) is 23.2 Å². The number of aryl methyl sites for hydroxylation is 1. The van der Waals surface area contributed by atoms with Crippen LogP contribution in [-0.4, -0.2) is 65.8 Å². The van der Waals surface area contributed by atoms with Gasteiger partial charge in [0.05, 0.1) is 19.7 Å². The molecule has 3 aliphatic rings. The lowest BCUT2D eigenvalue weighted by Crippen LogP contribution is -2.56. The Kier molecular flexibility index (Phi) is 8.74. The Morgan fingerprint density at radius 1 is 1.02 bits per heavy atom. The average molecular weight is 598 g/mol. The summed E-state index contributed by atoms with van der Waals surface area (Å²) in [4.78, 5) is 32.9. The second-order valence-corrected chi connectivity index (χ2v) is 10.9. The molecule has 1 saturated heterocycles. The standard InChI is InChI=1S/C33H35N5O6/c1-3-32-36-30(37-44-32)19-38-14-13-29-27(18-38)35-33(40)23-9-12-28(41-2)26(16-23)22-5-4-6-25(15-22)42-20-31(39)34-17-21-7-10-24(43-29)11-8-21/h4-12,15-16,27,29H,3,13-14,17-20H2,1-2H3,(H,34,39)(H,35,40)/t27-,29-/m1/s1. The van der Waals surface area contributed by atoms with Gasteiger partial charge in [-0.1, -0.05) is 36.3 Å². The Morgan fingerprint density at radius 2 is 1.89 bits per heavy atom. The second kappa shape index (κ2) is 13.2. The highest BCUT2D eigenvalue weighted by Crippen LogP contribution is 2.33. The summed E-state index contributed by atoms with van der Waals surface area (Å²) in [6.07, 6.45) is 1.09. The van der Waals surface area contributed by atoms with Crippen molar-refractivity contribution in [1.82, 2.24) is 25.7 Å². The number of carbonyl (C=O) groups excluding carboxylic acids is 2. The number of methoxy groups -OCH3 is 1. The molecule has 0 radical (unpaired) electrons. The Bertz CT molecular complexity index is 1620. The van der Waals surface area contributed by atoms with Crippen LogP contribution >= 0.6 is 0 Å². The van der Waals surface area contributed by atoms with Gasteiger partial charge in [0.1, 0.15) is 23.4 Å². The molecule has 3 aromatic carbocycles. The molecule has 1 fully saturated rings. The minimum Gasteiger partial charge on any atom is -0.496 e. The number of rotatable bonds is 4. The lowest BCUT2D eigenvalue weighted by Gasteiger charge is -2.38. The first-order valence-corrected chi connectivity index (χ1v) is 14.8. The van der Waals surface area contributed by atoms with Gasteiger partial charge in [-0.15, -0.1) is 0 Å². The molecular formula is C33H35N5O6. The molecule has 0 spiro atoms. The van der Waals surface area contributed by atoms with E-state index in [9.17, 15) is 9.59 Å². The maximum atomic E-state index is 13.8. The molecule has 44 heavy (non-hydrogen) atoms. The quantitative estimate of drug-likeness (QED) is 0.361. The van der Waals surface area contributed by atoms with Crippen LogP contribution in [0.5, 0.6) is 17.2 Å². The highest BCUT2D eigenvalue weighted by molar-refractivity contribution is 5.96. The smallest absolute Gasteiger partial charge is 0.258 e. The van der Waals surface area contributed by atoms with E-state index in [4.69, 9.17) is 18.7 Å². The molecule has 6 bridgehead atoms. The molecule has 3 aliphatic heterocycles. The van der Waals surface area contributed by atoms with E-state index >= 15 is 0 Å².